The molecule has 6 heteroatoms. The van der Waals surface area contributed by atoms with Gasteiger partial charge in [-0.2, -0.15) is 0 Å². The van der Waals surface area contributed by atoms with Crippen molar-refractivity contribution in [1.82, 2.24) is 5.48 Å². The molecule has 0 radical (unpaired) electrons. The lowest BCUT2D eigenvalue weighted by Gasteiger charge is -2.22. The largest absolute Gasteiger partial charge is 0.366 e. The van der Waals surface area contributed by atoms with E-state index in [4.69, 9.17) is 15.3 Å². The first-order chi connectivity index (χ1) is 9.18. The standard InChI is InChI=1S/C13H22N2O4/c14-11(16)7-3-1-2-4-8-12(17)15-19-13-9-5-6-10-18-13/h3,7,13H,1-2,4-6,8-10H2,(H2,14,16)(H,15,17)/b7-3+. The molecule has 1 aliphatic rings. The molecule has 0 spiro atoms. The number of primary amides is 1. The van der Waals surface area contributed by atoms with Gasteiger partial charge in [-0.3, -0.25) is 9.59 Å². The highest BCUT2D eigenvalue weighted by atomic mass is 16.8. The molecule has 108 valence electrons. The van der Waals surface area contributed by atoms with E-state index in [2.05, 4.69) is 5.48 Å². The fourth-order valence-electron chi connectivity index (χ4n) is 1.73. The van der Waals surface area contributed by atoms with E-state index in [1.807, 2.05) is 0 Å². The topological polar surface area (TPSA) is 90.7 Å². The number of unbranched alkanes of at least 4 members (excludes halogenated alkanes) is 2. The minimum atomic E-state index is -0.446. The van der Waals surface area contributed by atoms with Gasteiger partial charge in [0.15, 0.2) is 6.29 Å². The van der Waals surface area contributed by atoms with E-state index in [1.165, 1.54) is 6.08 Å². The summed E-state index contributed by atoms with van der Waals surface area (Å²) in [6.45, 7) is 0.687. The number of nitrogens with two attached hydrogens (primary N) is 1. The van der Waals surface area contributed by atoms with Crippen LogP contribution < -0.4 is 11.2 Å². The van der Waals surface area contributed by atoms with E-state index < -0.39 is 5.91 Å². The monoisotopic (exact) mass is 270 g/mol. The lowest BCUT2D eigenvalue weighted by Crippen LogP contribution is -2.32. The van der Waals surface area contributed by atoms with Crippen molar-refractivity contribution < 1.29 is 19.2 Å². The van der Waals surface area contributed by atoms with Gasteiger partial charge in [-0.15, -0.1) is 0 Å². The Labute approximate surface area is 113 Å². The Balaban J connectivity index is 1.97. The van der Waals surface area contributed by atoms with Crippen molar-refractivity contribution in [3.63, 3.8) is 0 Å². The molecule has 19 heavy (non-hydrogen) atoms. The lowest BCUT2D eigenvalue weighted by molar-refractivity contribution is -0.200. The molecule has 1 rings (SSSR count). The molecule has 1 atom stereocenters. The normalized spacial score (nSPS) is 19.5. The maximum Gasteiger partial charge on any atom is 0.243 e. The molecule has 0 aromatic rings. The average molecular weight is 270 g/mol. The zero-order valence-electron chi connectivity index (χ0n) is 11.1. The Morgan fingerprint density at radius 2 is 2.21 bits per heavy atom. The first kappa shape index (κ1) is 15.7. The summed E-state index contributed by atoms with van der Waals surface area (Å²) in [6.07, 6.45) is 8.38. The molecule has 1 unspecified atom stereocenters. The van der Waals surface area contributed by atoms with Gasteiger partial charge in [-0.05, 0) is 38.2 Å². The molecule has 3 N–H and O–H groups in total. The predicted octanol–water partition coefficient (Wildman–Crippen LogP) is 1.16. The quantitative estimate of drug-likeness (QED) is 0.393. The zero-order valence-corrected chi connectivity index (χ0v) is 11.1. The number of carbonyl (C=O) groups excluding carboxylic acids is 2. The molecule has 2 amide bonds. The van der Waals surface area contributed by atoms with Gasteiger partial charge in [-0.1, -0.05) is 6.08 Å². The van der Waals surface area contributed by atoms with Gasteiger partial charge < -0.3 is 10.5 Å². The highest BCUT2D eigenvalue weighted by Crippen LogP contribution is 2.12. The molecule has 0 aromatic heterocycles. The molecule has 6 nitrogen and oxygen atoms in total. The van der Waals surface area contributed by atoms with Gasteiger partial charge >= 0.3 is 0 Å². The van der Waals surface area contributed by atoms with Crippen molar-refractivity contribution in [1.29, 1.82) is 0 Å². The van der Waals surface area contributed by atoms with Crippen molar-refractivity contribution >= 4 is 11.8 Å². The fraction of sp³-hybridized carbons (Fsp3) is 0.692. The zero-order chi connectivity index (χ0) is 13.9. The van der Waals surface area contributed by atoms with Crippen LogP contribution in [-0.4, -0.2) is 24.7 Å². The molecule has 0 aliphatic carbocycles. The number of hydroxylamine groups is 1. The second kappa shape index (κ2) is 9.52. The van der Waals surface area contributed by atoms with Gasteiger partial charge in [0.2, 0.25) is 11.8 Å². The van der Waals surface area contributed by atoms with Gasteiger partial charge in [0.25, 0.3) is 0 Å². The van der Waals surface area contributed by atoms with Crippen LogP contribution in [0.5, 0.6) is 0 Å². The van der Waals surface area contributed by atoms with Crippen molar-refractivity contribution in [2.24, 2.45) is 5.73 Å². The molecule has 1 heterocycles. The summed E-state index contributed by atoms with van der Waals surface area (Å²) >= 11 is 0. The van der Waals surface area contributed by atoms with Gasteiger partial charge in [0, 0.05) is 19.4 Å². The second-order valence-corrected chi connectivity index (χ2v) is 4.49. The van der Waals surface area contributed by atoms with Gasteiger partial charge in [-0.25, -0.2) is 10.3 Å². The van der Waals surface area contributed by atoms with E-state index in [0.29, 0.717) is 13.0 Å². The van der Waals surface area contributed by atoms with Crippen LogP contribution >= 0.6 is 0 Å². The maximum absolute atomic E-state index is 11.4. The molecule has 0 saturated carbocycles. The number of nitrogens with one attached hydrogen (secondary N) is 1. The van der Waals surface area contributed by atoms with Crippen LogP contribution in [0.4, 0.5) is 0 Å². The number of hydrogen-bond donors (Lipinski definition) is 2. The molecular formula is C13H22N2O4. The van der Waals surface area contributed by atoms with E-state index in [1.54, 1.807) is 6.08 Å². The van der Waals surface area contributed by atoms with Crippen LogP contribution in [0.15, 0.2) is 12.2 Å². The highest BCUT2D eigenvalue weighted by Gasteiger charge is 2.15. The first-order valence-corrected chi connectivity index (χ1v) is 6.70. The average Bonchev–Trinajstić information content (AvgIpc) is 2.41. The summed E-state index contributed by atoms with van der Waals surface area (Å²) in [6, 6.07) is 0. The number of hydrogen-bond acceptors (Lipinski definition) is 4. The van der Waals surface area contributed by atoms with Crippen LogP contribution in [0.25, 0.3) is 0 Å². The summed E-state index contributed by atoms with van der Waals surface area (Å²) in [5, 5.41) is 0. The lowest BCUT2D eigenvalue weighted by atomic mass is 10.2. The molecular weight excluding hydrogens is 248 g/mol. The van der Waals surface area contributed by atoms with Crippen LogP contribution in [0.3, 0.4) is 0 Å². The minimum Gasteiger partial charge on any atom is -0.366 e. The molecule has 1 fully saturated rings. The summed E-state index contributed by atoms with van der Waals surface area (Å²) < 4.78 is 5.32. The number of rotatable bonds is 8. The molecule has 0 bridgehead atoms. The Hall–Kier alpha value is -1.40. The van der Waals surface area contributed by atoms with E-state index in [0.717, 1.165) is 38.5 Å². The van der Waals surface area contributed by atoms with E-state index in [-0.39, 0.29) is 12.2 Å². The van der Waals surface area contributed by atoms with Crippen LogP contribution in [0, 0.1) is 0 Å². The first-order valence-electron chi connectivity index (χ1n) is 6.70. The Morgan fingerprint density at radius 1 is 1.37 bits per heavy atom. The molecule has 1 aliphatic heterocycles. The van der Waals surface area contributed by atoms with Crippen molar-refractivity contribution in [2.45, 2.75) is 51.2 Å². The summed E-state index contributed by atoms with van der Waals surface area (Å²) in [5.74, 6) is -0.591. The number of allylic oxidation sites excluding steroid dienone is 1. The third-order valence-electron chi connectivity index (χ3n) is 2.75. The Bertz CT molecular complexity index is 312. The van der Waals surface area contributed by atoms with Crippen LogP contribution in [0.2, 0.25) is 0 Å². The number of amides is 2. The van der Waals surface area contributed by atoms with Crippen molar-refractivity contribution in [3.8, 4) is 0 Å². The SMILES string of the molecule is NC(=O)/C=C/CCCCC(=O)NOC1CCCCO1. The molecule has 0 aromatic carbocycles. The van der Waals surface area contributed by atoms with Crippen molar-refractivity contribution in [3.05, 3.63) is 12.2 Å². The number of ether oxygens (including phenoxy) is 1. The second-order valence-electron chi connectivity index (χ2n) is 4.49. The maximum atomic E-state index is 11.4. The summed E-state index contributed by atoms with van der Waals surface area (Å²) in [7, 11) is 0. The van der Waals surface area contributed by atoms with Crippen LogP contribution in [0.1, 0.15) is 44.9 Å². The van der Waals surface area contributed by atoms with Crippen LogP contribution in [-0.2, 0) is 19.2 Å². The third kappa shape index (κ3) is 8.34. The van der Waals surface area contributed by atoms with E-state index in [9.17, 15) is 9.59 Å². The minimum absolute atomic E-state index is 0.145. The van der Waals surface area contributed by atoms with E-state index >= 15 is 0 Å². The van der Waals surface area contributed by atoms with Crippen molar-refractivity contribution in [2.75, 3.05) is 6.61 Å². The van der Waals surface area contributed by atoms with Gasteiger partial charge in [0.05, 0.1) is 0 Å². The Kier molecular flexibility index (Phi) is 7.84. The Morgan fingerprint density at radius 3 is 2.89 bits per heavy atom. The van der Waals surface area contributed by atoms with Gasteiger partial charge in [0.1, 0.15) is 0 Å². The fourth-order valence-corrected chi connectivity index (χ4v) is 1.73. The highest BCUT2D eigenvalue weighted by molar-refractivity contribution is 5.85. The predicted molar refractivity (Wildman–Crippen MR) is 69.6 cm³/mol. The smallest absolute Gasteiger partial charge is 0.243 e. The third-order valence-corrected chi connectivity index (χ3v) is 2.75. The number of carbonyl (C=O) groups is 2. The molecule has 1 saturated heterocycles. The summed E-state index contributed by atoms with van der Waals surface area (Å²) in [4.78, 5) is 27.0. The summed E-state index contributed by atoms with van der Waals surface area (Å²) in [5.41, 5.74) is 7.35.